The van der Waals surface area contributed by atoms with E-state index in [0.29, 0.717) is 11.7 Å². The highest BCUT2D eigenvalue weighted by atomic mass is 35.5. The normalized spacial score (nSPS) is 19.6. The van der Waals surface area contributed by atoms with E-state index >= 15 is 0 Å². The van der Waals surface area contributed by atoms with Crippen molar-refractivity contribution in [3.05, 3.63) is 58.6 Å². The third kappa shape index (κ3) is 6.04. The van der Waals surface area contributed by atoms with E-state index in [4.69, 9.17) is 21.1 Å². The molecule has 184 valence electrons. The quantitative estimate of drug-likeness (QED) is 0.564. The van der Waals surface area contributed by atoms with Crippen LogP contribution in [0.15, 0.2) is 42.5 Å². The minimum Gasteiger partial charge on any atom is -0.496 e. The molecule has 0 saturated carbocycles. The predicted molar refractivity (Wildman–Crippen MR) is 134 cm³/mol. The summed E-state index contributed by atoms with van der Waals surface area (Å²) in [5.74, 6) is 1.34. The lowest BCUT2D eigenvalue weighted by molar-refractivity contribution is -0.144. The Kier molecular flexibility index (Phi) is 8.35. The molecule has 2 aliphatic heterocycles. The van der Waals surface area contributed by atoms with Gasteiger partial charge < -0.3 is 19.5 Å². The molecule has 0 bridgehead atoms. The molecule has 2 aromatic rings. The van der Waals surface area contributed by atoms with Crippen LogP contribution in [0.1, 0.15) is 42.9 Å². The second-order valence-electron chi connectivity index (χ2n) is 9.49. The van der Waals surface area contributed by atoms with Crippen LogP contribution in [0.5, 0.6) is 11.5 Å². The molecule has 1 N–H and O–H groups in total. The standard InChI is InChI=1S/C27H35ClN2O4/c1-19-17-21(28)7-8-24(19)34-22-11-13-29(14-12-22)18-20-9-15-30(16-10-20)26(27(31)32)23-5-3-4-6-25(23)33-2/h3-8,17,20,22,26H,9-16,18H2,1-2H3,(H,31,32). The van der Waals surface area contributed by atoms with E-state index in [-0.39, 0.29) is 6.10 Å². The number of rotatable bonds is 8. The summed E-state index contributed by atoms with van der Waals surface area (Å²) in [6.07, 6.45) is 4.32. The van der Waals surface area contributed by atoms with Crippen molar-refractivity contribution < 1.29 is 19.4 Å². The molecule has 1 unspecified atom stereocenters. The van der Waals surface area contributed by atoms with Gasteiger partial charge in [0, 0.05) is 30.2 Å². The second kappa shape index (κ2) is 11.4. The minimum absolute atomic E-state index is 0.246. The molecule has 6 nitrogen and oxygen atoms in total. The SMILES string of the molecule is COc1ccccc1C(C(=O)O)N1CCC(CN2CCC(Oc3ccc(Cl)cc3C)CC2)CC1. The van der Waals surface area contributed by atoms with E-state index in [9.17, 15) is 9.90 Å². The molecule has 2 aromatic carbocycles. The Hall–Kier alpha value is -2.28. The predicted octanol–water partition coefficient (Wildman–Crippen LogP) is 5.04. The van der Waals surface area contributed by atoms with Crippen LogP contribution < -0.4 is 9.47 Å². The Morgan fingerprint density at radius 1 is 1.06 bits per heavy atom. The molecule has 0 aromatic heterocycles. The highest BCUT2D eigenvalue weighted by Gasteiger charge is 2.33. The first-order valence-electron chi connectivity index (χ1n) is 12.2. The number of halogens is 1. The van der Waals surface area contributed by atoms with Crippen molar-refractivity contribution in [3.8, 4) is 11.5 Å². The largest absolute Gasteiger partial charge is 0.496 e. The molecular formula is C27H35ClN2O4. The van der Waals surface area contributed by atoms with Gasteiger partial charge in [-0.15, -0.1) is 0 Å². The van der Waals surface area contributed by atoms with Gasteiger partial charge in [-0.1, -0.05) is 29.8 Å². The lowest BCUT2D eigenvalue weighted by atomic mass is 9.92. The molecule has 4 rings (SSSR count). The van der Waals surface area contributed by atoms with Gasteiger partial charge in [-0.05, 0) is 81.4 Å². The van der Waals surface area contributed by atoms with Crippen LogP contribution >= 0.6 is 11.6 Å². The highest BCUT2D eigenvalue weighted by molar-refractivity contribution is 6.30. The molecule has 7 heteroatoms. The molecule has 0 radical (unpaired) electrons. The Balaban J connectivity index is 1.25. The fourth-order valence-corrected chi connectivity index (χ4v) is 5.50. The van der Waals surface area contributed by atoms with Crippen LogP contribution in [-0.2, 0) is 4.79 Å². The lowest BCUT2D eigenvalue weighted by Crippen LogP contribution is -2.45. The first-order valence-corrected chi connectivity index (χ1v) is 12.6. The number of piperidine rings is 2. The number of carboxylic acid groups (broad SMARTS) is 1. The zero-order valence-corrected chi connectivity index (χ0v) is 20.8. The number of carbonyl (C=O) groups is 1. The summed E-state index contributed by atoms with van der Waals surface area (Å²) >= 11 is 6.06. The maximum atomic E-state index is 12.1. The average molecular weight is 487 g/mol. The monoisotopic (exact) mass is 486 g/mol. The summed E-state index contributed by atoms with van der Waals surface area (Å²) in [4.78, 5) is 16.8. The summed E-state index contributed by atoms with van der Waals surface area (Å²) in [6, 6.07) is 12.6. The topological polar surface area (TPSA) is 62.2 Å². The van der Waals surface area contributed by atoms with Crippen LogP contribution in [-0.4, -0.2) is 66.8 Å². The van der Waals surface area contributed by atoms with Gasteiger partial charge in [0.25, 0.3) is 0 Å². The number of methoxy groups -OCH3 is 1. The van der Waals surface area contributed by atoms with Crippen molar-refractivity contribution in [1.29, 1.82) is 0 Å². The Morgan fingerprint density at radius 2 is 1.76 bits per heavy atom. The number of benzene rings is 2. The van der Waals surface area contributed by atoms with Crippen LogP contribution in [0.25, 0.3) is 0 Å². The van der Waals surface area contributed by atoms with E-state index in [1.807, 2.05) is 49.4 Å². The first kappa shape index (κ1) is 24.8. The summed E-state index contributed by atoms with van der Waals surface area (Å²) in [6.45, 7) is 6.76. The van der Waals surface area contributed by atoms with Crippen molar-refractivity contribution in [2.45, 2.75) is 44.8 Å². The van der Waals surface area contributed by atoms with E-state index < -0.39 is 12.0 Å². The van der Waals surface area contributed by atoms with Gasteiger partial charge in [-0.2, -0.15) is 0 Å². The number of para-hydroxylation sites is 1. The molecule has 2 aliphatic rings. The van der Waals surface area contributed by atoms with Gasteiger partial charge in [0.2, 0.25) is 0 Å². The summed E-state index contributed by atoms with van der Waals surface area (Å²) in [7, 11) is 1.59. The Labute approximate surface area is 207 Å². The Morgan fingerprint density at radius 3 is 2.41 bits per heavy atom. The van der Waals surface area contributed by atoms with Crippen molar-refractivity contribution in [2.24, 2.45) is 5.92 Å². The maximum absolute atomic E-state index is 12.1. The van der Waals surface area contributed by atoms with Crippen LogP contribution in [0.2, 0.25) is 5.02 Å². The zero-order valence-electron chi connectivity index (χ0n) is 20.1. The fourth-order valence-electron chi connectivity index (χ4n) is 5.27. The molecule has 0 spiro atoms. The van der Waals surface area contributed by atoms with Gasteiger partial charge in [0.1, 0.15) is 23.6 Å². The lowest BCUT2D eigenvalue weighted by Gasteiger charge is -2.39. The molecular weight excluding hydrogens is 452 g/mol. The number of aliphatic carboxylic acids is 1. The van der Waals surface area contributed by atoms with Crippen molar-refractivity contribution in [1.82, 2.24) is 9.80 Å². The first-order chi connectivity index (χ1) is 16.4. The van der Waals surface area contributed by atoms with Crippen molar-refractivity contribution >= 4 is 17.6 Å². The van der Waals surface area contributed by atoms with Crippen molar-refractivity contribution in [3.63, 3.8) is 0 Å². The Bertz CT molecular complexity index is 969. The van der Waals surface area contributed by atoms with Gasteiger partial charge in [0.15, 0.2) is 0 Å². The summed E-state index contributed by atoms with van der Waals surface area (Å²) in [5.41, 5.74) is 1.81. The average Bonchev–Trinajstić information content (AvgIpc) is 2.83. The van der Waals surface area contributed by atoms with Gasteiger partial charge in [0.05, 0.1) is 7.11 Å². The number of hydrogen-bond donors (Lipinski definition) is 1. The van der Waals surface area contributed by atoms with E-state index in [1.54, 1.807) is 7.11 Å². The van der Waals surface area contributed by atoms with Crippen molar-refractivity contribution in [2.75, 3.05) is 39.8 Å². The number of nitrogens with zero attached hydrogens (tertiary/aromatic N) is 2. The number of likely N-dealkylation sites (tertiary alicyclic amines) is 2. The summed E-state index contributed by atoms with van der Waals surface area (Å²) < 4.78 is 11.7. The van der Waals surface area contributed by atoms with E-state index in [1.165, 1.54) is 0 Å². The van der Waals surface area contributed by atoms with Gasteiger partial charge in [-0.3, -0.25) is 9.69 Å². The fraction of sp³-hybridized carbons (Fsp3) is 0.519. The summed E-state index contributed by atoms with van der Waals surface area (Å²) in [5, 5.41) is 10.7. The zero-order chi connectivity index (χ0) is 24.1. The van der Waals surface area contributed by atoms with Gasteiger partial charge >= 0.3 is 5.97 Å². The number of ether oxygens (including phenoxy) is 2. The molecule has 2 heterocycles. The molecule has 0 aliphatic carbocycles. The van der Waals surface area contributed by atoms with Crippen LogP contribution in [0, 0.1) is 12.8 Å². The van der Waals surface area contributed by atoms with E-state index in [0.717, 1.165) is 80.3 Å². The molecule has 2 fully saturated rings. The molecule has 1 atom stereocenters. The molecule has 2 saturated heterocycles. The number of aryl methyl sites for hydroxylation is 1. The molecule has 0 amide bonds. The third-order valence-electron chi connectivity index (χ3n) is 7.16. The third-order valence-corrected chi connectivity index (χ3v) is 7.40. The number of hydrogen-bond acceptors (Lipinski definition) is 5. The van der Waals surface area contributed by atoms with Gasteiger partial charge in [-0.25, -0.2) is 0 Å². The van der Waals surface area contributed by atoms with Crippen LogP contribution in [0.3, 0.4) is 0 Å². The number of carboxylic acids is 1. The van der Waals surface area contributed by atoms with Crippen LogP contribution in [0.4, 0.5) is 0 Å². The smallest absolute Gasteiger partial charge is 0.325 e. The maximum Gasteiger partial charge on any atom is 0.325 e. The minimum atomic E-state index is -0.819. The molecule has 34 heavy (non-hydrogen) atoms. The van der Waals surface area contributed by atoms with E-state index in [2.05, 4.69) is 9.80 Å². The highest BCUT2D eigenvalue weighted by Crippen LogP contribution is 2.33. The second-order valence-corrected chi connectivity index (χ2v) is 9.93.